The Bertz CT molecular complexity index is 366. The highest BCUT2D eigenvalue weighted by Crippen LogP contribution is 2.14. The molecule has 1 aromatic carbocycles. The Morgan fingerprint density at radius 2 is 2.00 bits per heavy atom. The summed E-state index contributed by atoms with van der Waals surface area (Å²) < 4.78 is 0. The van der Waals surface area contributed by atoms with E-state index in [-0.39, 0.29) is 12.1 Å². The molecule has 0 bridgehead atoms. The molecule has 1 aromatic rings. The zero-order valence-corrected chi connectivity index (χ0v) is 10.5. The SMILES string of the molecule is CC(C)[C@H](C)NC(=O)Nc1cccc(Cl)c1. The molecule has 16 heavy (non-hydrogen) atoms. The van der Waals surface area contributed by atoms with Gasteiger partial charge in [-0.05, 0) is 31.0 Å². The molecule has 0 radical (unpaired) electrons. The van der Waals surface area contributed by atoms with Gasteiger partial charge < -0.3 is 10.6 Å². The lowest BCUT2D eigenvalue weighted by molar-refractivity contribution is 0.246. The summed E-state index contributed by atoms with van der Waals surface area (Å²) in [5.74, 6) is 0.408. The molecule has 0 aliphatic heterocycles. The van der Waals surface area contributed by atoms with Gasteiger partial charge in [0.15, 0.2) is 0 Å². The van der Waals surface area contributed by atoms with Crippen molar-refractivity contribution in [3.05, 3.63) is 29.3 Å². The molecule has 1 atom stereocenters. The Balaban J connectivity index is 2.52. The highest BCUT2D eigenvalue weighted by Gasteiger charge is 2.10. The molecule has 0 saturated carbocycles. The van der Waals surface area contributed by atoms with Crippen molar-refractivity contribution >= 4 is 23.3 Å². The molecule has 0 aromatic heterocycles. The molecular weight excluding hydrogens is 224 g/mol. The van der Waals surface area contributed by atoms with Crippen molar-refractivity contribution in [2.24, 2.45) is 5.92 Å². The van der Waals surface area contributed by atoms with Crippen LogP contribution in [-0.4, -0.2) is 12.1 Å². The van der Waals surface area contributed by atoms with Gasteiger partial charge in [0, 0.05) is 16.8 Å². The number of carbonyl (C=O) groups excluding carboxylic acids is 1. The number of hydrogen-bond acceptors (Lipinski definition) is 1. The monoisotopic (exact) mass is 240 g/mol. The number of benzene rings is 1. The summed E-state index contributed by atoms with van der Waals surface area (Å²) >= 11 is 5.81. The molecule has 2 N–H and O–H groups in total. The highest BCUT2D eigenvalue weighted by atomic mass is 35.5. The number of urea groups is 1. The second kappa shape index (κ2) is 5.75. The molecule has 4 heteroatoms. The summed E-state index contributed by atoms with van der Waals surface area (Å²) in [6, 6.07) is 7.00. The lowest BCUT2D eigenvalue weighted by atomic mass is 10.1. The van der Waals surface area contributed by atoms with Gasteiger partial charge in [0.2, 0.25) is 0 Å². The van der Waals surface area contributed by atoms with Crippen LogP contribution in [0.5, 0.6) is 0 Å². The highest BCUT2D eigenvalue weighted by molar-refractivity contribution is 6.30. The molecule has 0 aliphatic rings. The van der Waals surface area contributed by atoms with Crippen molar-refractivity contribution < 1.29 is 4.79 Å². The minimum absolute atomic E-state index is 0.138. The Labute approximate surface area is 101 Å². The average Bonchev–Trinajstić information content (AvgIpc) is 2.16. The van der Waals surface area contributed by atoms with E-state index in [4.69, 9.17) is 11.6 Å². The van der Waals surface area contributed by atoms with Crippen LogP contribution in [0.3, 0.4) is 0 Å². The summed E-state index contributed by atoms with van der Waals surface area (Å²) in [5, 5.41) is 6.19. The molecule has 0 spiro atoms. The van der Waals surface area contributed by atoms with Crippen molar-refractivity contribution in [1.29, 1.82) is 0 Å². The molecule has 0 aliphatic carbocycles. The Hall–Kier alpha value is -1.22. The summed E-state index contributed by atoms with van der Waals surface area (Å²) in [4.78, 5) is 11.6. The Morgan fingerprint density at radius 1 is 1.31 bits per heavy atom. The second-order valence-electron chi connectivity index (χ2n) is 4.14. The maximum atomic E-state index is 11.6. The van der Waals surface area contributed by atoms with Crippen LogP contribution in [0.15, 0.2) is 24.3 Å². The van der Waals surface area contributed by atoms with Crippen LogP contribution in [0.25, 0.3) is 0 Å². The third-order valence-corrected chi connectivity index (χ3v) is 2.68. The van der Waals surface area contributed by atoms with Crippen molar-refractivity contribution in [3.63, 3.8) is 0 Å². The number of nitrogens with one attached hydrogen (secondary N) is 2. The smallest absolute Gasteiger partial charge is 0.319 e. The maximum Gasteiger partial charge on any atom is 0.319 e. The number of hydrogen-bond donors (Lipinski definition) is 2. The number of amides is 2. The number of halogens is 1. The fourth-order valence-corrected chi connectivity index (χ4v) is 1.30. The standard InChI is InChI=1S/C12H17ClN2O/c1-8(2)9(3)14-12(16)15-11-6-4-5-10(13)7-11/h4-9H,1-3H3,(H2,14,15,16)/t9-/m0/s1. The van der Waals surface area contributed by atoms with E-state index in [1.807, 2.05) is 6.92 Å². The van der Waals surface area contributed by atoms with Crippen molar-refractivity contribution in [2.75, 3.05) is 5.32 Å². The van der Waals surface area contributed by atoms with Gasteiger partial charge in [-0.2, -0.15) is 0 Å². The molecule has 0 heterocycles. The number of anilines is 1. The van der Waals surface area contributed by atoms with Crippen LogP contribution in [-0.2, 0) is 0 Å². The van der Waals surface area contributed by atoms with Crippen molar-refractivity contribution in [2.45, 2.75) is 26.8 Å². The third-order valence-electron chi connectivity index (χ3n) is 2.44. The summed E-state index contributed by atoms with van der Waals surface area (Å²) in [6.07, 6.45) is 0. The Kier molecular flexibility index (Phi) is 4.62. The van der Waals surface area contributed by atoms with E-state index in [2.05, 4.69) is 24.5 Å². The lowest BCUT2D eigenvalue weighted by Gasteiger charge is -2.17. The topological polar surface area (TPSA) is 41.1 Å². The van der Waals surface area contributed by atoms with Crippen LogP contribution >= 0.6 is 11.6 Å². The van der Waals surface area contributed by atoms with Gasteiger partial charge in [-0.15, -0.1) is 0 Å². The predicted octanol–water partition coefficient (Wildman–Crippen LogP) is 3.51. The number of carbonyl (C=O) groups is 1. The zero-order valence-electron chi connectivity index (χ0n) is 9.75. The molecule has 0 unspecified atom stereocenters. The molecule has 88 valence electrons. The zero-order chi connectivity index (χ0) is 12.1. The van der Waals surface area contributed by atoms with E-state index < -0.39 is 0 Å². The Morgan fingerprint density at radius 3 is 2.56 bits per heavy atom. The third kappa shape index (κ3) is 4.11. The van der Waals surface area contributed by atoms with Gasteiger partial charge in [0.1, 0.15) is 0 Å². The first-order chi connectivity index (χ1) is 7.49. The van der Waals surface area contributed by atoms with Crippen LogP contribution in [0.1, 0.15) is 20.8 Å². The van der Waals surface area contributed by atoms with Crippen molar-refractivity contribution in [1.82, 2.24) is 5.32 Å². The quantitative estimate of drug-likeness (QED) is 0.834. The van der Waals surface area contributed by atoms with E-state index in [0.29, 0.717) is 16.6 Å². The van der Waals surface area contributed by atoms with Crippen LogP contribution < -0.4 is 10.6 Å². The molecule has 0 fully saturated rings. The normalized spacial score (nSPS) is 12.3. The molecule has 1 rings (SSSR count). The van der Waals surface area contributed by atoms with E-state index >= 15 is 0 Å². The largest absolute Gasteiger partial charge is 0.335 e. The van der Waals surface area contributed by atoms with Gasteiger partial charge in [-0.1, -0.05) is 31.5 Å². The van der Waals surface area contributed by atoms with Gasteiger partial charge in [0.25, 0.3) is 0 Å². The minimum Gasteiger partial charge on any atom is -0.335 e. The summed E-state index contributed by atoms with van der Waals surface area (Å²) in [7, 11) is 0. The van der Waals surface area contributed by atoms with Crippen LogP contribution in [0.4, 0.5) is 10.5 Å². The first-order valence-electron chi connectivity index (χ1n) is 5.32. The van der Waals surface area contributed by atoms with E-state index in [0.717, 1.165) is 0 Å². The molecule has 0 saturated heterocycles. The van der Waals surface area contributed by atoms with E-state index in [1.54, 1.807) is 24.3 Å². The van der Waals surface area contributed by atoms with Crippen LogP contribution in [0.2, 0.25) is 5.02 Å². The summed E-state index contributed by atoms with van der Waals surface area (Å²) in [6.45, 7) is 6.09. The van der Waals surface area contributed by atoms with Gasteiger partial charge in [-0.25, -0.2) is 4.79 Å². The fraction of sp³-hybridized carbons (Fsp3) is 0.417. The van der Waals surface area contributed by atoms with Gasteiger partial charge in [-0.3, -0.25) is 0 Å². The molecule has 2 amide bonds. The maximum absolute atomic E-state index is 11.6. The van der Waals surface area contributed by atoms with Crippen LogP contribution in [0, 0.1) is 5.92 Å². The minimum atomic E-state index is -0.205. The lowest BCUT2D eigenvalue weighted by Crippen LogP contribution is -2.38. The first-order valence-corrected chi connectivity index (χ1v) is 5.70. The second-order valence-corrected chi connectivity index (χ2v) is 4.58. The summed E-state index contributed by atoms with van der Waals surface area (Å²) in [5.41, 5.74) is 0.695. The van der Waals surface area contributed by atoms with Gasteiger partial charge >= 0.3 is 6.03 Å². The number of rotatable bonds is 3. The van der Waals surface area contributed by atoms with Crippen molar-refractivity contribution in [3.8, 4) is 0 Å². The fourth-order valence-electron chi connectivity index (χ4n) is 1.11. The van der Waals surface area contributed by atoms with E-state index in [1.165, 1.54) is 0 Å². The predicted molar refractivity (Wildman–Crippen MR) is 67.9 cm³/mol. The average molecular weight is 241 g/mol. The first kappa shape index (κ1) is 12.8. The van der Waals surface area contributed by atoms with E-state index in [9.17, 15) is 4.79 Å². The molecule has 3 nitrogen and oxygen atoms in total. The molecular formula is C12H17ClN2O. The van der Waals surface area contributed by atoms with Gasteiger partial charge in [0.05, 0.1) is 0 Å².